The van der Waals surface area contributed by atoms with Crippen molar-refractivity contribution in [1.82, 2.24) is 51.1 Å². The van der Waals surface area contributed by atoms with Gasteiger partial charge in [-0.2, -0.15) is 4.98 Å². The fourth-order valence-corrected chi connectivity index (χ4v) is 6.68. The van der Waals surface area contributed by atoms with Gasteiger partial charge in [0.2, 0.25) is 17.8 Å². The van der Waals surface area contributed by atoms with Gasteiger partial charge < -0.3 is 41.3 Å². The van der Waals surface area contributed by atoms with Crippen molar-refractivity contribution < 1.29 is 19.4 Å². The van der Waals surface area contributed by atoms with Crippen LogP contribution in [0.2, 0.25) is 0 Å². The molecule has 2 aliphatic rings. The Labute approximate surface area is 294 Å². The molecular formula is C33H53N12O4P. The highest BCUT2D eigenvalue weighted by Gasteiger charge is 2.24. The Morgan fingerprint density at radius 3 is 2.52 bits per heavy atom. The zero-order valence-electron chi connectivity index (χ0n) is 28.8. The third-order valence-corrected chi connectivity index (χ3v) is 9.54. The van der Waals surface area contributed by atoms with E-state index in [4.69, 9.17) is 19.8 Å². The number of nitrogens with one attached hydrogen (secondary N) is 6. The van der Waals surface area contributed by atoms with E-state index in [-0.39, 0.29) is 31.3 Å². The first-order valence-corrected chi connectivity index (χ1v) is 19.4. The summed E-state index contributed by atoms with van der Waals surface area (Å²) in [6.07, 6.45) is 12.2. The molecule has 8 N–H and O–H groups in total. The number of para-hydroxylation sites is 1. The van der Waals surface area contributed by atoms with Crippen LogP contribution in [0.5, 0.6) is 0 Å². The van der Waals surface area contributed by atoms with E-state index < -0.39 is 14.3 Å². The van der Waals surface area contributed by atoms with Gasteiger partial charge in [0.25, 0.3) is 0 Å². The topological polar surface area (TPSA) is 207 Å². The van der Waals surface area contributed by atoms with Crippen LogP contribution in [0.25, 0.3) is 10.9 Å². The Balaban J connectivity index is 1.01. The fraction of sp³-hybridized carbons (Fsp3) is 0.636. The van der Waals surface area contributed by atoms with Crippen LogP contribution in [0.15, 0.2) is 30.5 Å². The number of likely N-dealkylation sites (tertiary alicyclic amines) is 1. The summed E-state index contributed by atoms with van der Waals surface area (Å²) in [6, 6.07) is 8.74. The quantitative estimate of drug-likeness (QED) is 0.0618. The molecule has 0 unspecified atom stereocenters. The molecule has 1 aliphatic heterocycles. The lowest BCUT2D eigenvalue weighted by atomic mass is 9.95. The van der Waals surface area contributed by atoms with Gasteiger partial charge in [0.1, 0.15) is 11.5 Å². The number of carbonyl (C=O) groups excluding carboxylic acids is 2. The van der Waals surface area contributed by atoms with Crippen molar-refractivity contribution in [3.05, 3.63) is 36.2 Å². The number of fused-ring (bicyclic) bond motifs is 1. The SMILES string of the molecule is O=C(CNCC(=O)N1CCC(Nc2nc(NCc3cn(CCCNCCCNC4CCCCC4)nn3)nc3ccccc23)CC1)NCP(O)O. The van der Waals surface area contributed by atoms with E-state index in [1.165, 1.54) is 32.1 Å². The molecule has 0 spiro atoms. The van der Waals surface area contributed by atoms with Gasteiger partial charge in [-0.25, -0.2) is 4.98 Å². The van der Waals surface area contributed by atoms with Crippen LogP contribution in [0.1, 0.15) is 63.5 Å². The van der Waals surface area contributed by atoms with Crippen molar-refractivity contribution >= 4 is 42.9 Å². The van der Waals surface area contributed by atoms with Crippen LogP contribution in [0, 0.1) is 0 Å². The second-order valence-corrected chi connectivity index (χ2v) is 14.1. The average molecular weight is 713 g/mol. The molecule has 5 rings (SSSR count). The number of amides is 2. The Bertz CT molecular complexity index is 1480. The molecule has 16 nitrogen and oxygen atoms in total. The number of hydrogen-bond acceptors (Lipinski definition) is 13. The number of anilines is 2. The second-order valence-electron chi connectivity index (χ2n) is 13.0. The van der Waals surface area contributed by atoms with Crippen molar-refractivity contribution in [2.45, 2.75) is 83.0 Å². The molecule has 3 heterocycles. The van der Waals surface area contributed by atoms with E-state index >= 15 is 0 Å². The highest BCUT2D eigenvalue weighted by Crippen LogP contribution is 2.25. The molecule has 3 aromatic rings. The molecule has 1 saturated heterocycles. The Hall–Kier alpha value is -3.53. The second kappa shape index (κ2) is 20.4. The van der Waals surface area contributed by atoms with Crippen LogP contribution in [-0.4, -0.2) is 116 Å². The van der Waals surface area contributed by atoms with Gasteiger partial charge in [0.15, 0.2) is 8.38 Å². The van der Waals surface area contributed by atoms with E-state index in [1.54, 1.807) is 4.90 Å². The summed E-state index contributed by atoms with van der Waals surface area (Å²) >= 11 is 0. The molecule has 1 saturated carbocycles. The number of piperidine rings is 1. The monoisotopic (exact) mass is 712 g/mol. The maximum Gasteiger partial charge on any atom is 0.236 e. The van der Waals surface area contributed by atoms with Gasteiger partial charge in [0.05, 0.1) is 37.6 Å². The van der Waals surface area contributed by atoms with Crippen molar-refractivity contribution in [2.75, 3.05) is 62.7 Å². The van der Waals surface area contributed by atoms with E-state index in [2.05, 4.69) is 42.2 Å². The highest BCUT2D eigenvalue weighted by molar-refractivity contribution is 7.45. The van der Waals surface area contributed by atoms with E-state index in [9.17, 15) is 9.59 Å². The lowest BCUT2D eigenvalue weighted by Gasteiger charge is -2.33. The molecule has 2 fully saturated rings. The third-order valence-electron chi connectivity index (χ3n) is 9.09. The molecule has 0 atom stereocenters. The summed E-state index contributed by atoms with van der Waals surface area (Å²) < 4.78 is 1.88. The van der Waals surface area contributed by atoms with Gasteiger partial charge in [-0.3, -0.25) is 19.6 Å². The van der Waals surface area contributed by atoms with Gasteiger partial charge in [-0.15, -0.1) is 5.10 Å². The van der Waals surface area contributed by atoms with Gasteiger partial charge >= 0.3 is 0 Å². The fourth-order valence-electron chi connectivity index (χ4n) is 6.36. The van der Waals surface area contributed by atoms with Crippen LogP contribution in [0.3, 0.4) is 0 Å². The maximum atomic E-state index is 12.7. The summed E-state index contributed by atoms with van der Waals surface area (Å²) in [5, 5.41) is 28.9. The van der Waals surface area contributed by atoms with Crippen LogP contribution in [-0.2, 0) is 22.7 Å². The minimum Gasteiger partial charge on any atom is -0.367 e. The number of aromatic nitrogens is 5. The highest BCUT2D eigenvalue weighted by atomic mass is 31.2. The summed E-state index contributed by atoms with van der Waals surface area (Å²) in [4.78, 5) is 53.5. The number of hydrogen-bond donors (Lipinski definition) is 8. The number of carbonyl (C=O) groups is 2. The number of benzene rings is 1. The first-order chi connectivity index (χ1) is 24.4. The normalized spacial score (nSPS) is 15.9. The molecule has 2 amide bonds. The standard InChI is InChI=1S/C33H53N12O4P/c46-30(38-24-50(48)49)21-35-22-31(47)44-18-12-26(13-19-44)39-32-28-10-4-5-11-29(28)40-33(41-32)37-20-27-23-45(43-42-27)17-7-15-34-14-6-16-36-25-8-2-1-3-9-25/h4-5,10-11,23,25-26,34-36,48-49H,1-3,6-9,12-22,24H2,(H,38,46)(H2,37,39,40,41). The summed E-state index contributed by atoms with van der Waals surface area (Å²) in [7, 11) is -2.18. The molecular weight excluding hydrogens is 659 g/mol. The smallest absolute Gasteiger partial charge is 0.236 e. The van der Waals surface area contributed by atoms with Crippen molar-refractivity contribution in [1.29, 1.82) is 0 Å². The summed E-state index contributed by atoms with van der Waals surface area (Å²) in [6.45, 7) is 5.44. The molecule has 50 heavy (non-hydrogen) atoms. The average Bonchev–Trinajstić information content (AvgIpc) is 3.59. The minimum absolute atomic E-state index is 0.0352. The van der Waals surface area contributed by atoms with Gasteiger partial charge in [0, 0.05) is 37.1 Å². The van der Waals surface area contributed by atoms with Gasteiger partial charge in [-0.05, 0) is 70.3 Å². The molecule has 2 aromatic heterocycles. The van der Waals surface area contributed by atoms with E-state index in [0.717, 1.165) is 80.3 Å². The predicted molar refractivity (Wildman–Crippen MR) is 194 cm³/mol. The van der Waals surface area contributed by atoms with E-state index in [0.29, 0.717) is 25.6 Å². The van der Waals surface area contributed by atoms with E-state index in [1.807, 2.05) is 35.1 Å². The maximum absolute atomic E-state index is 12.7. The van der Waals surface area contributed by atoms with Crippen LogP contribution < -0.4 is 31.9 Å². The molecule has 1 aromatic carbocycles. The Morgan fingerprint density at radius 2 is 1.70 bits per heavy atom. The lowest BCUT2D eigenvalue weighted by molar-refractivity contribution is -0.131. The number of nitrogens with zero attached hydrogens (tertiary/aromatic N) is 6. The van der Waals surface area contributed by atoms with Crippen LogP contribution >= 0.6 is 8.38 Å². The largest absolute Gasteiger partial charge is 0.367 e. The molecule has 1 aliphatic carbocycles. The van der Waals surface area contributed by atoms with Crippen molar-refractivity contribution in [3.8, 4) is 0 Å². The first kappa shape index (κ1) is 37.7. The van der Waals surface area contributed by atoms with Crippen molar-refractivity contribution in [3.63, 3.8) is 0 Å². The Morgan fingerprint density at radius 1 is 0.900 bits per heavy atom. The number of rotatable bonds is 20. The molecule has 17 heteroatoms. The minimum atomic E-state index is -2.18. The van der Waals surface area contributed by atoms with Gasteiger partial charge in [-0.1, -0.05) is 36.6 Å². The van der Waals surface area contributed by atoms with Crippen molar-refractivity contribution in [2.24, 2.45) is 0 Å². The Kier molecular flexibility index (Phi) is 15.4. The molecule has 0 bridgehead atoms. The summed E-state index contributed by atoms with van der Waals surface area (Å²) in [5.41, 5.74) is 1.64. The first-order valence-electron chi connectivity index (χ1n) is 17.9. The zero-order chi connectivity index (χ0) is 35.0. The number of aryl methyl sites for hydroxylation is 1. The predicted octanol–water partition coefficient (Wildman–Crippen LogP) is 1.49. The summed E-state index contributed by atoms with van der Waals surface area (Å²) in [5.74, 6) is 0.769. The third kappa shape index (κ3) is 12.7. The molecule has 0 radical (unpaired) electrons. The lowest BCUT2D eigenvalue weighted by Crippen LogP contribution is -2.46. The van der Waals surface area contributed by atoms with Crippen LogP contribution in [0.4, 0.5) is 11.8 Å². The molecule has 274 valence electrons. The zero-order valence-corrected chi connectivity index (χ0v) is 29.7.